The fraction of sp³-hybridized carbons (Fsp3) is 1.00. The number of nitrogens with one attached hydrogen (secondary N) is 1. The van der Waals surface area contributed by atoms with Crippen LogP contribution in [0.4, 0.5) is 0 Å². The number of rotatable bonds is 8. The van der Waals surface area contributed by atoms with Gasteiger partial charge in [0.05, 0.1) is 0 Å². The fourth-order valence-corrected chi connectivity index (χ4v) is 2.37. The minimum absolute atomic E-state index is 0.346. The van der Waals surface area contributed by atoms with Crippen LogP contribution in [0.15, 0.2) is 0 Å². The van der Waals surface area contributed by atoms with Crippen LogP contribution in [0.5, 0.6) is 0 Å². The monoisotopic (exact) mass is 214 g/mol. The van der Waals surface area contributed by atoms with Gasteiger partial charge < -0.3 is 10.4 Å². The van der Waals surface area contributed by atoms with Crippen molar-refractivity contribution in [2.75, 3.05) is 32.8 Å². The lowest BCUT2D eigenvalue weighted by atomic mass is 10.1. The first-order valence-electron chi connectivity index (χ1n) is 6.44. The third-order valence-corrected chi connectivity index (χ3v) is 3.20. The van der Waals surface area contributed by atoms with E-state index in [4.69, 9.17) is 5.11 Å². The third-order valence-electron chi connectivity index (χ3n) is 3.20. The van der Waals surface area contributed by atoms with E-state index in [2.05, 4.69) is 17.1 Å². The first-order valence-corrected chi connectivity index (χ1v) is 6.44. The van der Waals surface area contributed by atoms with Crippen molar-refractivity contribution in [3.8, 4) is 0 Å². The van der Waals surface area contributed by atoms with Gasteiger partial charge >= 0.3 is 0 Å². The molecular formula is C12H26N2O. The summed E-state index contributed by atoms with van der Waals surface area (Å²) in [6.07, 6.45) is 6.01. The minimum atomic E-state index is 0.346. The number of nitrogens with zero attached hydrogens (tertiary/aromatic N) is 1. The number of aliphatic hydroxyl groups is 1. The maximum atomic E-state index is 8.83. The lowest BCUT2D eigenvalue weighted by Gasteiger charge is -2.24. The summed E-state index contributed by atoms with van der Waals surface area (Å²) in [4.78, 5) is 2.58. The van der Waals surface area contributed by atoms with Gasteiger partial charge in [-0.1, -0.05) is 6.92 Å². The molecule has 3 heteroatoms. The van der Waals surface area contributed by atoms with Crippen molar-refractivity contribution in [2.24, 2.45) is 0 Å². The van der Waals surface area contributed by atoms with Crippen molar-refractivity contribution in [2.45, 2.75) is 45.1 Å². The SMILES string of the molecule is CCCNCCN1CCCC1CCCO. The molecule has 0 bridgehead atoms. The Kier molecular flexibility index (Phi) is 6.98. The van der Waals surface area contributed by atoms with Crippen LogP contribution in [-0.2, 0) is 0 Å². The Morgan fingerprint density at radius 3 is 3.00 bits per heavy atom. The Bertz CT molecular complexity index is 153. The molecule has 1 atom stereocenters. The Hall–Kier alpha value is -0.120. The second-order valence-electron chi connectivity index (χ2n) is 4.45. The van der Waals surface area contributed by atoms with E-state index in [0.29, 0.717) is 6.61 Å². The first kappa shape index (κ1) is 12.9. The molecule has 0 aliphatic carbocycles. The smallest absolute Gasteiger partial charge is 0.0431 e. The van der Waals surface area contributed by atoms with E-state index in [1.54, 1.807) is 0 Å². The second kappa shape index (κ2) is 8.08. The molecule has 1 aliphatic rings. The predicted molar refractivity (Wildman–Crippen MR) is 64.1 cm³/mol. The average Bonchev–Trinajstić information content (AvgIpc) is 2.69. The summed E-state index contributed by atoms with van der Waals surface area (Å²) < 4.78 is 0. The van der Waals surface area contributed by atoms with Crippen molar-refractivity contribution in [1.82, 2.24) is 10.2 Å². The fourth-order valence-electron chi connectivity index (χ4n) is 2.37. The van der Waals surface area contributed by atoms with Gasteiger partial charge in [-0.05, 0) is 45.2 Å². The predicted octanol–water partition coefficient (Wildman–Crippen LogP) is 1.22. The molecule has 1 rings (SSSR count). The van der Waals surface area contributed by atoms with E-state index in [1.165, 1.54) is 38.8 Å². The topological polar surface area (TPSA) is 35.5 Å². The number of hydrogen-bond donors (Lipinski definition) is 2. The lowest BCUT2D eigenvalue weighted by Crippen LogP contribution is -2.36. The highest BCUT2D eigenvalue weighted by Gasteiger charge is 2.22. The molecule has 1 aliphatic heterocycles. The van der Waals surface area contributed by atoms with Gasteiger partial charge in [0.25, 0.3) is 0 Å². The van der Waals surface area contributed by atoms with Crippen LogP contribution in [0.1, 0.15) is 39.0 Å². The lowest BCUT2D eigenvalue weighted by molar-refractivity contribution is 0.216. The minimum Gasteiger partial charge on any atom is -0.396 e. The molecule has 0 spiro atoms. The van der Waals surface area contributed by atoms with Crippen molar-refractivity contribution in [3.63, 3.8) is 0 Å². The zero-order valence-electron chi connectivity index (χ0n) is 10.0. The summed E-state index contributed by atoms with van der Waals surface area (Å²) in [5.41, 5.74) is 0. The Morgan fingerprint density at radius 2 is 2.27 bits per heavy atom. The number of likely N-dealkylation sites (tertiary alicyclic amines) is 1. The maximum absolute atomic E-state index is 8.83. The molecule has 0 radical (unpaired) electrons. The normalized spacial score (nSPS) is 22.4. The Morgan fingerprint density at radius 1 is 1.40 bits per heavy atom. The summed E-state index contributed by atoms with van der Waals surface area (Å²) in [6.45, 7) is 7.23. The standard InChI is InChI=1S/C12H26N2O/c1-2-7-13-8-10-14-9-3-5-12(14)6-4-11-15/h12-13,15H,2-11H2,1H3. The highest BCUT2D eigenvalue weighted by Crippen LogP contribution is 2.20. The van der Waals surface area contributed by atoms with Crippen molar-refractivity contribution in [3.05, 3.63) is 0 Å². The van der Waals surface area contributed by atoms with Gasteiger partial charge in [0.15, 0.2) is 0 Å². The molecule has 0 aromatic rings. The molecule has 0 amide bonds. The Balaban J connectivity index is 2.09. The summed E-state index contributed by atoms with van der Waals surface area (Å²) in [6, 6.07) is 0.737. The van der Waals surface area contributed by atoms with Crippen LogP contribution >= 0.6 is 0 Å². The van der Waals surface area contributed by atoms with Crippen LogP contribution < -0.4 is 5.32 Å². The molecule has 2 N–H and O–H groups in total. The first-order chi connectivity index (χ1) is 7.38. The molecule has 3 nitrogen and oxygen atoms in total. The summed E-state index contributed by atoms with van der Waals surface area (Å²) in [5.74, 6) is 0. The highest BCUT2D eigenvalue weighted by atomic mass is 16.2. The molecule has 1 saturated heterocycles. The van der Waals surface area contributed by atoms with Crippen LogP contribution in [0.3, 0.4) is 0 Å². The molecule has 1 unspecified atom stereocenters. The number of aliphatic hydroxyl groups excluding tert-OH is 1. The van der Waals surface area contributed by atoms with Gasteiger partial charge in [-0.2, -0.15) is 0 Å². The third kappa shape index (κ3) is 4.96. The maximum Gasteiger partial charge on any atom is 0.0431 e. The molecule has 0 saturated carbocycles. The van der Waals surface area contributed by atoms with E-state index in [0.717, 1.165) is 25.6 Å². The summed E-state index contributed by atoms with van der Waals surface area (Å²) in [5, 5.41) is 12.3. The number of hydrogen-bond acceptors (Lipinski definition) is 3. The molecule has 15 heavy (non-hydrogen) atoms. The van der Waals surface area contributed by atoms with Crippen molar-refractivity contribution in [1.29, 1.82) is 0 Å². The van der Waals surface area contributed by atoms with Gasteiger partial charge in [-0.3, -0.25) is 4.90 Å². The van der Waals surface area contributed by atoms with E-state index >= 15 is 0 Å². The zero-order chi connectivity index (χ0) is 10.9. The van der Waals surface area contributed by atoms with E-state index in [-0.39, 0.29) is 0 Å². The van der Waals surface area contributed by atoms with Crippen molar-refractivity contribution >= 4 is 0 Å². The summed E-state index contributed by atoms with van der Waals surface area (Å²) >= 11 is 0. The van der Waals surface area contributed by atoms with E-state index in [9.17, 15) is 0 Å². The van der Waals surface area contributed by atoms with E-state index < -0.39 is 0 Å². The van der Waals surface area contributed by atoms with E-state index in [1.807, 2.05) is 0 Å². The molecule has 1 fully saturated rings. The van der Waals surface area contributed by atoms with Gasteiger partial charge in [0, 0.05) is 25.7 Å². The molecule has 90 valence electrons. The van der Waals surface area contributed by atoms with Gasteiger partial charge in [0.2, 0.25) is 0 Å². The van der Waals surface area contributed by atoms with Gasteiger partial charge in [-0.25, -0.2) is 0 Å². The summed E-state index contributed by atoms with van der Waals surface area (Å²) in [7, 11) is 0. The van der Waals surface area contributed by atoms with Gasteiger partial charge in [-0.15, -0.1) is 0 Å². The van der Waals surface area contributed by atoms with Crippen LogP contribution in [-0.4, -0.2) is 48.8 Å². The van der Waals surface area contributed by atoms with Crippen LogP contribution in [0.25, 0.3) is 0 Å². The van der Waals surface area contributed by atoms with Crippen LogP contribution in [0, 0.1) is 0 Å². The molecule has 0 aromatic carbocycles. The quantitative estimate of drug-likeness (QED) is 0.596. The molecule has 0 aromatic heterocycles. The largest absolute Gasteiger partial charge is 0.396 e. The van der Waals surface area contributed by atoms with Crippen molar-refractivity contribution < 1.29 is 5.11 Å². The molecular weight excluding hydrogens is 188 g/mol. The molecule has 1 heterocycles. The second-order valence-corrected chi connectivity index (χ2v) is 4.45. The zero-order valence-corrected chi connectivity index (χ0v) is 10.0. The van der Waals surface area contributed by atoms with Crippen LogP contribution in [0.2, 0.25) is 0 Å². The Labute approximate surface area is 93.9 Å². The van der Waals surface area contributed by atoms with Gasteiger partial charge in [0.1, 0.15) is 0 Å². The average molecular weight is 214 g/mol. The highest BCUT2D eigenvalue weighted by molar-refractivity contribution is 4.79.